The summed E-state index contributed by atoms with van der Waals surface area (Å²) in [6, 6.07) is 14.8. The van der Waals surface area contributed by atoms with Crippen molar-refractivity contribution in [2.45, 2.75) is 12.8 Å². The molecule has 166 valence electrons. The first-order chi connectivity index (χ1) is 15.6. The number of allylic oxidation sites excluding steroid dienone is 2. The number of nitrogens with one attached hydrogen (secondary N) is 2. The van der Waals surface area contributed by atoms with Crippen LogP contribution in [0.25, 0.3) is 0 Å². The van der Waals surface area contributed by atoms with Crippen molar-refractivity contribution >= 4 is 28.9 Å². The van der Waals surface area contributed by atoms with E-state index in [9.17, 15) is 9.59 Å². The molecule has 2 N–H and O–H groups in total. The summed E-state index contributed by atoms with van der Waals surface area (Å²) in [6.45, 7) is 5.22. The first kappa shape index (κ1) is 21.0. The average Bonchev–Trinajstić information content (AvgIpc) is 3.27. The number of carbonyl (C=O) groups excluding carboxylic acids is 2. The fraction of sp³-hybridized carbons (Fsp3) is 0.333. The molecule has 0 saturated carbocycles. The monoisotopic (exact) mass is 452 g/mol. The zero-order valence-electron chi connectivity index (χ0n) is 17.6. The maximum absolute atomic E-state index is 12.7. The molecule has 7 nitrogen and oxygen atoms in total. The fourth-order valence-electron chi connectivity index (χ4n) is 4.38. The van der Waals surface area contributed by atoms with Gasteiger partial charge in [-0.25, -0.2) is 4.90 Å². The van der Waals surface area contributed by atoms with Crippen LogP contribution in [0.15, 0.2) is 59.3 Å². The Labute approximate surface area is 192 Å². The van der Waals surface area contributed by atoms with Gasteiger partial charge in [-0.2, -0.15) is 0 Å². The summed E-state index contributed by atoms with van der Waals surface area (Å²) in [6.07, 6.45) is 0.739. The normalized spacial score (nSPS) is 21.1. The molecule has 8 heteroatoms. The molecule has 0 aromatic heterocycles. The van der Waals surface area contributed by atoms with Crippen LogP contribution in [0.4, 0.5) is 5.69 Å². The summed E-state index contributed by atoms with van der Waals surface area (Å²) >= 11 is 6.21. The van der Waals surface area contributed by atoms with Crippen molar-refractivity contribution < 1.29 is 14.3 Å². The van der Waals surface area contributed by atoms with Crippen LogP contribution in [0.2, 0.25) is 0 Å². The SMILES string of the molecule is O=C1C(Cl)=C(NCCCN2CCN(C3Nc4ccccc4O3)CC2)C(=O)c2ccccc21. The number of carbonyl (C=O) groups is 2. The second kappa shape index (κ2) is 8.94. The van der Waals surface area contributed by atoms with Crippen LogP contribution in [-0.4, -0.2) is 67.0 Å². The summed E-state index contributed by atoms with van der Waals surface area (Å²) in [4.78, 5) is 29.9. The van der Waals surface area contributed by atoms with Gasteiger partial charge in [0.05, 0.1) is 5.69 Å². The molecule has 1 atom stereocenters. The lowest BCUT2D eigenvalue weighted by molar-refractivity contribution is 0.0184. The number of hydrogen-bond acceptors (Lipinski definition) is 7. The van der Waals surface area contributed by atoms with Crippen LogP contribution in [0, 0.1) is 0 Å². The Hall–Kier alpha value is -2.87. The van der Waals surface area contributed by atoms with Crippen LogP contribution in [-0.2, 0) is 0 Å². The molecule has 0 amide bonds. The molecule has 2 aliphatic heterocycles. The van der Waals surface area contributed by atoms with Gasteiger partial charge in [0.15, 0.2) is 0 Å². The standard InChI is InChI=1S/C24H25ClN4O3/c25-20-21(23(31)17-7-2-1-6-16(17)22(20)30)26-10-5-11-28-12-14-29(15-13-28)24-27-18-8-3-4-9-19(18)32-24/h1-4,6-9,24,26-27H,5,10-15H2. The van der Waals surface area contributed by atoms with Gasteiger partial charge >= 0.3 is 0 Å². The van der Waals surface area contributed by atoms with Gasteiger partial charge in [-0.15, -0.1) is 0 Å². The van der Waals surface area contributed by atoms with E-state index in [1.54, 1.807) is 24.3 Å². The number of piperazine rings is 1. The third kappa shape index (κ3) is 3.99. The third-order valence-corrected chi connectivity index (χ3v) is 6.52. The van der Waals surface area contributed by atoms with E-state index in [1.165, 1.54) is 0 Å². The molecule has 2 aromatic carbocycles. The largest absolute Gasteiger partial charge is 0.455 e. The van der Waals surface area contributed by atoms with Gasteiger partial charge in [0.1, 0.15) is 16.5 Å². The number of ether oxygens (including phenoxy) is 1. The van der Waals surface area contributed by atoms with Crippen molar-refractivity contribution in [2.24, 2.45) is 0 Å². The van der Waals surface area contributed by atoms with Crippen LogP contribution in [0.1, 0.15) is 27.1 Å². The van der Waals surface area contributed by atoms with Gasteiger partial charge in [0, 0.05) is 43.9 Å². The van der Waals surface area contributed by atoms with Crippen molar-refractivity contribution in [1.82, 2.24) is 15.1 Å². The molecule has 1 fully saturated rings. The topological polar surface area (TPSA) is 73.9 Å². The first-order valence-electron chi connectivity index (χ1n) is 10.9. The Balaban J connectivity index is 1.07. The predicted molar refractivity (Wildman–Crippen MR) is 123 cm³/mol. The van der Waals surface area contributed by atoms with E-state index in [0.29, 0.717) is 17.7 Å². The number of para-hydroxylation sites is 2. The lowest BCUT2D eigenvalue weighted by Crippen LogP contribution is -2.53. The van der Waals surface area contributed by atoms with Gasteiger partial charge in [0.2, 0.25) is 17.9 Å². The van der Waals surface area contributed by atoms with Gasteiger partial charge < -0.3 is 20.3 Å². The lowest BCUT2D eigenvalue weighted by Gasteiger charge is -2.37. The number of nitrogens with zero attached hydrogens (tertiary/aromatic N) is 2. The van der Waals surface area contributed by atoms with Gasteiger partial charge in [-0.3, -0.25) is 9.59 Å². The molecule has 1 saturated heterocycles. The molecule has 2 aromatic rings. The van der Waals surface area contributed by atoms with Crippen molar-refractivity contribution in [3.8, 4) is 5.75 Å². The highest BCUT2D eigenvalue weighted by molar-refractivity contribution is 6.49. The Morgan fingerprint density at radius 1 is 0.969 bits per heavy atom. The minimum absolute atomic E-state index is 0.0209. The summed E-state index contributed by atoms with van der Waals surface area (Å²) in [5, 5.41) is 6.51. The highest BCUT2D eigenvalue weighted by Gasteiger charge is 2.32. The molecule has 32 heavy (non-hydrogen) atoms. The molecule has 1 aliphatic carbocycles. The highest BCUT2D eigenvalue weighted by atomic mass is 35.5. The molecule has 0 spiro atoms. The zero-order chi connectivity index (χ0) is 22.1. The highest BCUT2D eigenvalue weighted by Crippen LogP contribution is 2.32. The number of hydrogen-bond donors (Lipinski definition) is 2. The summed E-state index contributed by atoms with van der Waals surface area (Å²) in [5.74, 6) is 0.381. The number of halogens is 1. The number of Topliss-reactive ketones (excluding diaryl/α,β-unsaturated/α-hetero) is 2. The average molecular weight is 453 g/mol. The zero-order valence-corrected chi connectivity index (χ0v) is 18.4. The van der Waals surface area contributed by atoms with E-state index in [1.807, 2.05) is 24.3 Å². The minimum Gasteiger partial charge on any atom is -0.455 e. The molecule has 0 bridgehead atoms. The molecule has 3 aliphatic rings. The molecule has 5 rings (SSSR count). The summed E-state index contributed by atoms with van der Waals surface area (Å²) in [7, 11) is 0. The maximum atomic E-state index is 12.7. The number of ketones is 2. The first-order valence-corrected chi connectivity index (χ1v) is 11.3. The van der Waals surface area contributed by atoms with E-state index in [2.05, 4.69) is 20.4 Å². The number of fused-ring (bicyclic) bond motifs is 2. The predicted octanol–water partition coefficient (Wildman–Crippen LogP) is 2.90. The van der Waals surface area contributed by atoms with Crippen LogP contribution < -0.4 is 15.4 Å². The molecule has 1 unspecified atom stereocenters. The smallest absolute Gasteiger partial charge is 0.230 e. The van der Waals surface area contributed by atoms with Crippen LogP contribution in [0.5, 0.6) is 5.75 Å². The summed E-state index contributed by atoms with van der Waals surface area (Å²) < 4.78 is 6.01. The van der Waals surface area contributed by atoms with E-state index in [4.69, 9.17) is 16.3 Å². The van der Waals surface area contributed by atoms with Crippen LogP contribution >= 0.6 is 11.6 Å². The fourth-order valence-corrected chi connectivity index (χ4v) is 4.63. The number of anilines is 1. The Morgan fingerprint density at radius 3 is 2.41 bits per heavy atom. The van der Waals surface area contributed by atoms with Crippen molar-refractivity contribution in [3.05, 3.63) is 70.4 Å². The maximum Gasteiger partial charge on any atom is 0.230 e. The van der Waals surface area contributed by atoms with Crippen LogP contribution in [0.3, 0.4) is 0 Å². The molecular weight excluding hydrogens is 428 g/mol. The minimum atomic E-state index is -0.301. The Morgan fingerprint density at radius 2 is 1.66 bits per heavy atom. The van der Waals surface area contributed by atoms with E-state index in [-0.39, 0.29) is 28.6 Å². The second-order valence-corrected chi connectivity index (χ2v) is 8.54. The quantitative estimate of drug-likeness (QED) is 0.653. The number of rotatable bonds is 6. The molecular formula is C24H25ClN4O3. The van der Waals surface area contributed by atoms with Gasteiger partial charge in [-0.1, -0.05) is 48.0 Å². The Kier molecular flexibility index (Phi) is 5.87. The Bertz CT molecular complexity index is 1050. The lowest BCUT2D eigenvalue weighted by atomic mass is 9.92. The molecule has 0 radical (unpaired) electrons. The van der Waals surface area contributed by atoms with E-state index in [0.717, 1.165) is 50.6 Å². The van der Waals surface area contributed by atoms with Crippen molar-refractivity contribution in [3.63, 3.8) is 0 Å². The number of benzene rings is 2. The second-order valence-electron chi connectivity index (χ2n) is 8.16. The van der Waals surface area contributed by atoms with E-state index >= 15 is 0 Å². The van der Waals surface area contributed by atoms with Crippen molar-refractivity contribution in [2.75, 3.05) is 44.6 Å². The van der Waals surface area contributed by atoms with Crippen molar-refractivity contribution in [1.29, 1.82) is 0 Å². The van der Waals surface area contributed by atoms with E-state index < -0.39 is 0 Å². The molecule has 2 heterocycles. The summed E-state index contributed by atoms with van der Waals surface area (Å²) in [5.41, 5.74) is 2.03. The third-order valence-electron chi connectivity index (χ3n) is 6.16. The van der Waals surface area contributed by atoms with Gasteiger partial charge in [0.25, 0.3) is 0 Å². The van der Waals surface area contributed by atoms with Gasteiger partial charge in [-0.05, 0) is 25.1 Å².